The Bertz CT molecular complexity index is 1230. The molecule has 0 aliphatic heterocycles. The summed E-state index contributed by atoms with van der Waals surface area (Å²) in [6, 6.07) is 13.3. The van der Waals surface area contributed by atoms with Crippen LogP contribution in [0.4, 0.5) is 24.7 Å². The van der Waals surface area contributed by atoms with Crippen molar-refractivity contribution in [2.75, 3.05) is 5.32 Å². The summed E-state index contributed by atoms with van der Waals surface area (Å²) >= 11 is 0. The Morgan fingerprint density at radius 3 is 2.64 bits per heavy atom. The highest BCUT2D eigenvalue weighted by Gasteiger charge is 2.17. The summed E-state index contributed by atoms with van der Waals surface area (Å²) in [5.41, 5.74) is 1.52. The Morgan fingerprint density at radius 1 is 1.00 bits per heavy atom. The molecule has 2 N–H and O–H groups in total. The number of aromatic nitrogens is 2. The van der Waals surface area contributed by atoms with Gasteiger partial charge in [-0.05, 0) is 35.7 Å². The van der Waals surface area contributed by atoms with E-state index in [2.05, 4.69) is 15.3 Å². The van der Waals surface area contributed by atoms with Crippen LogP contribution in [0.5, 0.6) is 11.5 Å². The van der Waals surface area contributed by atoms with E-state index >= 15 is 0 Å². The largest absolute Gasteiger partial charge is 0.451 e. The normalized spacial score (nSPS) is 10.6. The zero-order valence-electron chi connectivity index (χ0n) is 14.1. The van der Waals surface area contributed by atoms with Crippen molar-refractivity contribution in [3.8, 4) is 17.6 Å². The van der Waals surface area contributed by atoms with Crippen LogP contribution in [-0.2, 0) is 0 Å². The van der Waals surface area contributed by atoms with Crippen LogP contribution < -0.4 is 10.1 Å². The summed E-state index contributed by atoms with van der Waals surface area (Å²) in [4.78, 5) is 7.17. The molecule has 2 aromatic carbocycles. The third-order valence-corrected chi connectivity index (χ3v) is 3.96. The highest BCUT2D eigenvalue weighted by molar-refractivity contribution is 5.83. The highest BCUT2D eigenvalue weighted by Crippen LogP contribution is 2.31. The number of nitrogens with one attached hydrogen (secondary N) is 2. The zero-order valence-corrected chi connectivity index (χ0v) is 14.1. The van der Waals surface area contributed by atoms with Crippen LogP contribution in [0, 0.1) is 28.8 Å². The second kappa shape index (κ2) is 6.96. The van der Waals surface area contributed by atoms with Crippen LogP contribution >= 0.6 is 0 Å². The van der Waals surface area contributed by atoms with E-state index < -0.39 is 23.2 Å². The molecule has 0 unspecified atom stereocenters. The van der Waals surface area contributed by atoms with Crippen molar-refractivity contribution in [2.24, 2.45) is 0 Å². The van der Waals surface area contributed by atoms with Crippen LogP contribution in [0.2, 0.25) is 0 Å². The lowest BCUT2D eigenvalue weighted by atomic mass is 10.2. The Morgan fingerprint density at radius 2 is 1.82 bits per heavy atom. The van der Waals surface area contributed by atoms with Crippen molar-refractivity contribution in [1.29, 1.82) is 5.26 Å². The van der Waals surface area contributed by atoms with E-state index in [9.17, 15) is 18.4 Å². The van der Waals surface area contributed by atoms with Crippen molar-refractivity contribution < 1.29 is 17.9 Å². The smallest absolute Gasteiger partial charge is 0.204 e. The molecule has 138 valence electrons. The first-order valence-corrected chi connectivity index (χ1v) is 8.11. The van der Waals surface area contributed by atoms with Gasteiger partial charge in [0.25, 0.3) is 0 Å². The minimum Gasteiger partial charge on any atom is -0.451 e. The molecule has 0 aliphatic rings. The van der Waals surface area contributed by atoms with Gasteiger partial charge in [0.05, 0.1) is 0 Å². The number of hydrogen-bond donors (Lipinski definition) is 2. The average molecular weight is 380 g/mol. The van der Waals surface area contributed by atoms with Gasteiger partial charge < -0.3 is 15.0 Å². The first-order valence-electron chi connectivity index (χ1n) is 8.11. The predicted octanol–water partition coefficient (Wildman–Crippen LogP) is 5.39. The maximum Gasteiger partial charge on any atom is 0.204 e. The lowest BCUT2D eigenvalue weighted by molar-refractivity contribution is 0.386. The standard InChI is InChI=1S/C20H11F3N4O/c21-15-3-4-16(22)20(19(15)23)28-14-7-13(10-24)27-18(9-14)26-12-2-1-11-5-6-25-17(11)8-12/h1-9,25H,(H,26,27). The van der Waals surface area contributed by atoms with Gasteiger partial charge in [0, 0.05) is 29.5 Å². The molecule has 28 heavy (non-hydrogen) atoms. The van der Waals surface area contributed by atoms with E-state index in [0.717, 1.165) is 17.0 Å². The molecule has 0 spiro atoms. The first-order chi connectivity index (χ1) is 13.5. The van der Waals surface area contributed by atoms with Gasteiger partial charge >= 0.3 is 0 Å². The molecule has 8 heteroatoms. The van der Waals surface area contributed by atoms with Crippen molar-refractivity contribution >= 4 is 22.4 Å². The third-order valence-electron chi connectivity index (χ3n) is 3.96. The summed E-state index contributed by atoms with van der Waals surface area (Å²) in [5.74, 6) is -4.52. The fourth-order valence-corrected chi connectivity index (χ4v) is 2.68. The molecular formula is C20H11F3N4O. The summed E-state index contributed by atoms with van der Waals surface area (Å²) < 4.78 is 46.2. The molecule has 0 bridgehead atoms. The number of fused-ring (bicyclic) bond motifs is 1. The highest BCUT2D eigenvalue weighted by atomic mass is 19.2. The van der Waals surface area contributed by atoms with Crippen molar-refractivity contribution in [2.45, 2.75) is 0 Å². The summed E-state index contributed by atoms with van der Waals surface area (Å²) in [6.07, 6.45) is 1.80. The fraction of sp³-hybridized carbons (Fsp3) is 0. The zero-order chi connectivity index (χ0) is 19.7. The molecule has 2 heterocycles. The van der Waals surface area contributed by atoms with E-state index in [1.807, 2.05) is 30.3 Å². The number of hydrogen-bond acceptors (Lipinski definition) is 4. The van der Waals surface area contributed by atoms with Gasteiger partial charge in [-0.2, -0.15) is 9.65 Å². The number of benzene rings is 2. The molecule has 0 saturated heterocycles. The molecule has 0 atom stereocenters. The van der Waals surface area contributed by atoms with Crippen molar-refractivity contribution in [3.05, 3.63) is 77.9 Å². The Labute approximate surface area is 157 Å². The Kier molecular flexibility index (Phi) is 4.33. The van der Waals surface area contributed by atoms with Gasteiger partial charge in [-0.3, -0.25) is 0 Å². The number of rotatable bonds is 4. The van der Waals surface area contributed by atoms with E-state index in [4.69, 9.17) is 4.74 Å². The molecule has 2 aromatic heterocycles. The Hall–Kier alpha value is -3.99. The summed E-state index contributed by atoms with van der Waals surface area (Å²) in [5, 5.41) is 13.2. The van der Waals surface area contributed by atoms with Gasteiger partial charge in [0.1, 0.15) is 23.3 Å². The number of pyridine rings is 1. The number of ether oxygens (including phenoxy) is 1. The van der Waals surface area contributed by atoms with Crippen LogP contribution in [-0.4, -0.2) is 9.97 Å². The molecule has 4 aromatic rings. The molecule has 0 saturated carbocycles. The predicted molar refractivity (Wildman–Crippen MR) is 96.9 cm³/mol. The number of nitrogens with zero attached hydrogens (tertiary/aromatic N) is 2. The monoisotopic (exact) mass is 380 g/mol. The topological polar surface area (TPSA) is 73.7 Å². The number of nitriles is 1. The van der Waals surface area contributed by atoms with Gasteiger partial charge in [-0.15, -0.1) is 0 Å². The lowest BCUT2D eigenvalue weighted by Gasteiger charge is -2.11. The second-order valence-electron chi connectivity index (χ2n) is 5.86. The van der Waals surface area contributed by atoms with Crippen LogP contribution in [0.15, 0.2) is 54.7 Å². The van der Waals surface area contributed by atoms with E-state index in [1.165, 1.54) is 12.1 Å². The van der Waals surface area contributed by atoms with Crippen molar-refractivity contribution in [3.63, 3.8) is 0 Å². The number of aromatic amines is 1. The minimum absolute atomic E-state index is 0.0434. The Balaban J connectivity index is 1.68. The molecule has 5 nitrogen and oxygen atoms in total. The number of halogens is 3. The SMILES string of the molecule is N#Cc1cc(Oc2c(F)ccc(F)c2F)cc(Nc2ccc3cc[nH]c3c2)n1. The van der Waals surface area contributed by atoms with Gasteiger partial charge in [-0.1, -0.05) is 6.07 Å². The first kappa shape index (κ1) is 17.4. The summed E-state index contributed by atoms with van der Waals surface area (Å²) in [7, 11) is 0. The maximum absolute atomic E-state index is 13.9. The maximum atomic E-state index is 13.9. The van der Waals surface area contributed by atoms with E-state index in [-0.39, 0.29) is 17.3 Å². The quantitative estimate of drug-likeness (QED) is 0.466. The second-order valence-corrected chi connectivity index (χ2v) is 5.86. The molecular weight excluding hydrogens is 369 g/mol. The fourth-order valence-electron chi connectivity index (χ4n) is 2.68. The van der Waals surface area contributed by atoms with E-state index in [1.54, 1.807) is 6.20 Å². The van der Waals surface area contributed by atoms with Gasteiger partial charge in [-0.25, -0.2) is 13.8 Å². The lowest BCUT2D eigenvalue weighted by Crippen LogP contribution is -1.99. The molecule has 0 fully saturated rings. The third kappa shape index (κ3) is 3.33. The molecule has 4 rings (SSSR count). The van der Waals surface area contributed by atoms with Crippen molar-refractivity contribution in [1.82, 2.24) is 9.97 Å². The van der Waals surface area contributed by atoms with Gasteiger partial charge in [0.15, 0.2) is 11.6 Å². The molecule has 0 amide bonds. The number of H-pyrrole nitrogens is 1. The van der Waals surface area contributed by atoms with Crippen LogP contribution in [0.3, 0.4) is 0 Å². The summed E-state index contributed by atoms with van der Waals surface area (Å²) in [6.45, 7) is 0. The number of anilines is 2. The van der Waals surface area contributed by atoms with Gasteiger partial charge in [0.2, 0.25) is 11.6 Å². The van der Waals surface area contributed by atoms with E-state index in [0.29, 0.717) is 11.8 Å². The minimum atomic E-state index is -1.46. The van der Waals surface area contributed by atoms with Crippen LogP contribution in [0.1, 0.15) is 5.69 Å². The van der Waals surface area contributed by atoms with Crippen LogP contribution in [0.25, 0.3) is 10.9 Å². The average Bonchev–Trinajstić information content (AvgIpc) is 3.16. The molecule has 0 aliphatic carbocycles. The molecule has 0 radical (unpaired) electrons.